The molecule has 0 aromatic heterocycles. The number of nitrogens with two attached hydrogens (primary N) is 3. The van der Waals surface area contributed by atoms with Gasteiger partial charge in [0.05, 0.1) is 5.02 Å². The number of halogens is 1. The van der Waals surface area contributed by atoms with Gasteiger partial charge in [-0.05, 0) is 18.2 Å². The Morgan fingerprint density at radius 2 is 2.11 bits per heavy atom. The van der Waals surface area contributed by atoms with E-state index >= 15 is 0 Å². The Morgan fingerprint density at radius 3 is 2.67 bits per heavy atom. The monoisotopic (exact) mass is 270 g/mol. The smallest absolute Gasteiger partial charge is 0.217 e. The maximum atomic E-state index is 10.7. The molecule has 0 atom stereocenters. The van der Waals surface area contributed by atoms with Gasteiger partial charge in [-0.2, -0.15) is 0 Å². The molecule has 0 bridgehead atoms. The van der Waals surface area contributed by atoms with Crippen LogP contribution in [-0.4, -0.2) is 24.8 Å². The number of primary amides is 1. The van der Waals surface area contributed by atoms with Crippen molar-refractivity contribution in [3.8, 4) is 5.75 Å². The predicted molar refractivity (Wildman–Crippen MR) is 70.5 cm³/mol. The molecule has 0 aliphatic rings. The normalized spacial score (nSPS) is 10.1. The summed E-state index contributed by atoms with van der Waals surface area (Å²) in [6.07, 6.45) is 0.629. The van der Waals surface area contributed by atoms with E-state index in [1.54, 1.807) is 18.2 Å². The van der Waals surface area contributed by atoms with Gasteiger partial charge in [-0.15, -0.1) is 0 Å². The van der Waals surface area contributed by atoms with Crippen molar-refractivity contribution in [2.45, 2.75) is 12.8 Å². The summed E-state index contributed by atoms with van der Waals surface area (Å²) in [4.78, 5) is 10.7. The molecular formula is C12H17ClN3O2+. The van der Waals surface area contributed by atoms with Crippen molar-refractivity contribution >= 4 is 23.2 Å². The largest absolute Gasteiger partial charge is 0.491 e. The highest BCUT2D eigenvalue weighted by Gasteiger charge is 2.11. The number of carbonyl (C=O) groups excluding carboxylic acids is 1. The Kier molecular flexibility index (Phi) is 5.61. The van der Waals surface area contributed by atoms with Crippen molar-refractivity contribution in [1.82, 2.24) is 0 Å². The maximum Gasteiger partial charge on any atom is 0.217 e. The van der Waals surface area contributed by atoms with Gasteiger partial charge in [-0.25, -0.2) is 0 Å². The van der Waals surface area contributed by atoms with E-state index in [9.17, 15) is 4.79 Å². The van der Waals surface area contributed by atoms with Gasteiger partial charge in [0.25, 0.3) is 0 Å². The van der Waals surface area contributed by atoms with E-state index in [0.717, 1.165) is 5.56 Å². The van der Waals surface area contributed by atoms with Crippen molar-refractivity contribution in [3.05, 3.63) is 28.8 Å². The Morgan fingerprint density at radius 1 is 1.39 bits per heavy atom. The number of hydrogen-bond acceptors (Lipinski definition) is 3. The van der Waals surface area contributed by atoms with Crippen LogP contribution >= 0.6 is 11.6 Å². The molecule has 0 aliphatic carbocycles. The van der Waals surface area contributed by atoms with Crippen LogP contribution in [0.3, 0.4) is 0 Å². The maximum absolute atomic E-state index is 10.7. The average molecular weight is 271 g/mol. The Bertz CT molecular complexity index is 449. The first-order valence-electron chi connectivity index (χ1n) is 5.57. The Labute approximate surface area is 111 Å². The summed E-state index contributed by atoms with van der Waals surface area (Å²) >= 11 is 6.05. The number of amides is 1. The van der Waals surface area contributed by atoms with E-state index in [1.165, 1.54) is 0 Å². The topological polar surface area (TPSA) is 104 Å². The molecule has 0 aliphatic heterocycles. The van der Waals surface area contributed by atoms with Crippen LogP contribution in [0.25, 0.3) is 0 Å². The summed E-state index contributed by atoms with van der Waals surface area (Å²) in [5.41, 5.74) is 11.7. The van der Waals surface area contributed by atoms with Gasteiger partial charge >= 0.3 is 0 Å². The fourth-order valence-corrected chi connectivity index (χ4v) is 1.62. The predicted octanol–water partition coefficient (Wildman–Crippen LogP) is -0.509. The second-order valence-electron chi connectivity index (χ2n) is 3.77. The first-order chi connectivity index (χ1) is 8.54. The fourth-order valence-electron chi connectivity index (χ4n) is 1.39. The molecular weight excluding hydrogens is 254 g/mol. The standard InChI is InChI=1S/C12H16ClN3O2/c13-9-7-8(10(15)2-4-12(16)17)1-3-11(9)18-6-5-14/h1,3,7,15H,2,4-6,14H2,(H2,16,17)/p+1. The quantitative estimate of drug-likeness (QED) is 0.581. The minimum Gasteiger partial charge on any atom is -0.491 e. The lowest BCUT2D eigenvalue weighted by molar-refractivity contribution is -0.121. The van der Waals surface area contributed by atoms with Gasteiger partial charge in [-0.3, -0.25) is 10.2 Å². The molecule has 0 spiro atoms. The van der Waals surface area contributed by atoms with Crippen molar-refractivity contribution in [2.75, 3.05) is 13.2 Å². The molecule has 6 N–H and O–H groups in total. The van der Waals surface area contributed by atoms with Crippen LogP contribution in [0, 0.1) is 0 Å². The van der Waals surface area contributed by atoms with Gasteiger partial charge in [-0.1, -0.05) is 11.6 Å². The molecule has 0 unspecified atom stereocenters. The average Bonchev–Trinajstić information content (AvgIpc) is 2.34. The second kappa shape index (κ2) is 6.98. The van der Waals surface area contributed by atoms with E-state index in [-0.39, 0.29) is 12.3 Å². The number of hydrogen-bond donors (Lipinski definition) is 3. The Hall–Kier alpha value is -1.59. The van der Waals surface area contributed by atoms with E-state index in [2.05, 4.69) is 0 Å². The minimum absolute atomic E-state index is 0.217. The number of rotatable bonds is 7. The third-order valence-corrected chi connectivity index (χ3v) is 2.61. The van der Waals surface area contributed by atoms with Crippen LogP contribution in [0.4, 0.5) is 0 Å². The summed E-state index contributed by atoms with van der Waals surface area (Å²) in [7, 11) is 0. The van der Waals surface area contributed by atoms with Gasteiger partial charge in [0.2, 0.25) is 5.91 Å². The van der Waals surface area contributed by atoms with Crippen molar-refractivity contribution in [1.29, 1.82) is 0 Å². The minimum atomic E-state index is -0.382. The summed E-state index contributed by atoms with van der Waals surface area (Å²) < 4.78 is 5.34. The highest BCUT2D eigenvalue weighted by atomic mass is 35.5. The van der Waals surface area contributed by atoms with Crippen molar-refractivity contribution in [2.24, 2.45) is 11.5 Å². The van der Waals surface area contributed by atoms with E-state index < -0.39 is 0 Å². The second-order valence-corrected chi connectivity index (χ2v) is 4.18. The molecule has 0 saturated carbocycles. The zero-order chi connectivity index (χ0) is 13.5. The van der Waals surface area contributed by atoms with Crippen molar-refractivity contribution < 1.29 is 14.9 Å². The van der Waals surface area contributed by atoms with Crippen LogP contribution in [0.1, 0.15) is 18.4 Å². The Balaban J connectivity index is 2.71. The molecule has 98 valence electrons. The van der Waals surface area contributed by atoms with E-state index in [4.69, 9.17) is 33.2 Å². The highest BCUT2D eigenvalue weighted by molar-refractivity contribution is 6.32. The molecule has 0 heterocycles. The van der Waals surface area contributed by atoms with Gasteiger partial charge in [0.15, 0.2) is 5.71 Å². The SMILES string of the molecule is NCCOc1ccc(C(=[NH2+])CCC(N)=O)cc1Cl. The summed E-state index contributed by atoms with van der Waals surface area (Å²) in [5, 5.41) is 6.31. The molecule has 5 nitrogen and oxygen atoms in total. The van der Waals surface area contributed by atoms with Gasteiger partial charge in [0.1, 0.15) is 12.4 Å². The zero-order valence-corrected chi connectivity index (χ0v) is 10.7. The lowest BCUT2D eigenvalue weighted by Crippen LogP contribution is -2.40. The molecule has 0 saturated heterocycles. The molecule has 18 heavy (non-hydrogen) atoms. The van der Waals surface area contributed by atoms with Crippen LogP contribution in [0.2, 0.25) is 5.02 Å². The first-order valence-corrected chi connectivity index (χ1v) is 5.94. The van der Waals surface area contributed by atoms with E-state index in [1.807, 2.05) is 0 Å². The first kappa shape index (κ1) is 14.5. The molecule has 0 fully saturated rings. The number of benzene rings is 1. The molecule has 0 radical (unpaired) electrons. The molecule has 1 aromatic rings. The van der Waals surface area contributed by atoms with Crippen LogP contribution in [0.5, 0.6) is 5.75 Å². The zero-order valence-electron chi connectivity index (χ0n) is 9.99. The summed E-state index contributed by atoms with van der Waals surface area (Å²) in [5.74, 6) is 0.181. The summed E-state index contributed by atoms with van der Waals surface area (Å²) in [6, 6.07) is 5.21. The van der Waals surface area contributed by atoms with Crippen LogP contribution in [-0.2, 0) is 4.79 Å². The van der Waals surface area contributed by atoms with E-state index in [0.29, 0.717) is 36.1 Å². The van der Waals surface area contributed by atoms with Crippen LogP contribution in [0.15, 0.2) is 18.2 Å². The molecule has 6 heteroatoms. The molecule has 1 aromatic carbocycles. The van der Waals surface area contributed by atoms with Crippen molar-refractivity contribution in [3.63, 3.8) is 0 Å². The summed E-state index contributed by atoms with van der Waals surface area (Å²) in [6.45, 7) is 0.824. The third kappa shape index (κ3) is 4.35. The molecule has 1 rings (SSSR count). The van der Waals surface area contributed by atoms with Gasteiger partial charge in [0, 0.05) is 24.9 Å². The lowest BCUT2D eigenvalue weighted by atomic mass is 10.1. The third-order valence-electron chi connectivity index (χ3n) is 2.32. The number of ether oxygens (including phenoxy) is 1. The van der Waals surface area contributed by atoms with Crippen LogP contribution < -0.4 is 21.6 Å². The van der Waals surface area contributed by atoms with Gasteiger partial charge < -0.3 is 16.2 Å². The lowest BCUT2D eigenvalue weighted by Gasteiger charge is -2.07. The fraction of sp³-hybridized carbons (Fsp3) is 0.333. The number of carbonyl (C=O) groups is 1. The molecule has 1 amide bonds. The highest BCUT2D eigenvalue weighted by Crippen LogP contribution is 2.25.